The number of ether oxygens (including phenoxy) is 1. The van der Waals surface area contributed by atoms with Gasteiger partial charge in [-0.2, -0.15) is 0 Å². The van der Waals surface area contributed by atoms with E-state index in [1.54, 1.807) is 0 Å². The fourth-order valence-corrected chi connectivity index (χ4v) is 5.35. The van der Waals surface area contributed by atoms with Crippen molar-refractivity contribution in [3.05, 3.63) is 30.1 Å². The molecule has 1 fully saturated rings. The highest BCUT2D eigenvalue weighted by molar-refractivity contribution is 7.92. The van der Waals surface area contributed by atoms with Gasteiger partial charge in [-0.15, -0.1) is 0 Å². The third kappa shape index (κ3) is 4.08. The Morgan fingerprint density at radius 3 is 2.70 bits per heavy atom. The third-order valence-electron chi connectivity index (χ3n) is 5.08. The van der Waals surface area contributed by atoms with E-state index in [1.807, 2.05) is 6.92 Å². The lowest BCUT2D eigenvalue weighted by molar-refractivity contribution is 0.0489. The average molecular weight is 391 g/mol. The maximum absolute atomic E-state index is 12.9. The standard InChI is InChI=1S/C20H25NO5S/c1-2-3-11-26-20(23)18-19(22)17-10-9-16(12-14(17)13-21-18)27(24,25)15-7-5-4-6-8-15/h9-10,12-13,15,22H,2-8,11H2,1H3. The van der Waals surface area contributed by atoms with Gasteiger partial charge in [0.25, 0.3) is 0 Å². The number of sulfone groups is 1. The summed E-state index contributed by atoms with van der Waals surface area (Å²) < 4.78 is 30.9. The molecule has 1 heterocycles. The number of nitrogens with zero attached hydrogens (tertiary/aromatic N) is 1. The van der Waals surface area contributed by atoms with Crippen molar-refractivity contribution in [2.75, 3.05) is 6.61 Å². The summed E-state index contributed by atoms with van der Waals surface area (Å²) in [6.07, 6.45) is 7.36. The second-order valence-electron chi connectivity index (χ2n) is 7.00. The van der Waals surface area contributed by atoms with Gasteiger partial charge in [0.05, 0.1) is 16.8 Å². The molecule has 27 heavy (non-hydrogen) atoms. The molecule has 1 aromatic carbocycles. The van der Waals surface area contributed by atoms with Crippen LogP contribution in [0.15, 0.2) is 29.3 Å². The van der Waals surface area contributed by atoms with Gasteiger partial charge < -0.3 is 9.84 Å². The van der Waals surface area contributed by atoms with Crippen molar-refractivity contribution in [2.24, 2.45) is 0 Å². The van der Waals surface area contributed by atoms with E-state index < -0.39 is 15.8 Å². The predicted octanol–water partition coefficient (Wildman–Crippen LogP) is 4.00. The molecule has 0 bridgehead atoms. The number of rotatable bonds is 6. The van der Waals surface area contributed by atoms with Crippen LogP contribution in [0.1, 0.15) is 62.4 Å². The van der Waals surface area contributed by atoms with E-state index in [0.717, 1.165) is 32.1 Å². The monoisotopic (exact) mass is 391 g/mol. The zero-order chi connectivity index (χ0) is 19.4. The summed E-state index contributed by atoms with van der Waals surface area (Å²) in [5, 5.41) is 10.9. The van der Waals surface area contributed by atoms with Gasteiger partial charge in [0, 0.05) is 17.0 Å². The van der Waals surface area contributed by atoms with E-state index in [0.29, 0.717) is 23.6 Å². The highest BCUT2D eigenvalue weighted by Gasteiger charge is 2.29. The first-order valence-electron chi connectivity index (χ1n) is 9.48. The number of aromatic hydroxyl groups is 1. The topological polar surface area (TPSA) is 93.6 Å². The first-order valence-corrected chi connectivity index (χ1v) is 11.0. The Morgan fingerprint density at radius 1 is 1.26 bits per heavy atom. The molecular weight excluding hydrogens is 366 g/mol. The predicted molar refractivity (Wildman–Crippen MR) is 103 cm³/mol. The van der Waals surface area contributed by atoms with Gasteiger partial charge in [-0.1, -0.05) is 32.6 Å². The Hall–Kier alpha value is -2.15. The first-order chi connectivity index (χ1) is 12.9. The number of esters is 1. The lowest BCUT2D eigenvalue weighted by Gasteiger charge is -2.22. The molecule has 0 saturated heterocycles. The van der Waals surface area contributed by atoms with Gasteiger partial charge in [0.1, 0.15) is 0 Å². The molecular formula is C20H25NO5S. The Bertz CT molecular complexity index is 933. The molecule has 146 valence electrons. The van der Waals surface area contributed by atoms with Crippen molar-refractivity contribution in [1.29, 1.82) is 0 Å². The highest BCUT2D eigenvalue weighted by Crippen LogP contribution is 2.33. The summed E-state index contributed by atoms with van der Waals surface area (Å²) in [6, 6.07) is 4.56. The zero-order valence-electron chi connectivity index (χ0n) is 15.5. The van der Waals surface area contributed by atoms with Crippen LogP contribution in [0, 0.1) is 0 Å². The van der Waals surface area contributed by atoms with Crippen LogP contribution in [0.3, 0.4) is 0 Å². The molecule has 7 heteroatoms. The van der Waals surface area contributed by atoms with Crippen molar-refractivity contribution < 1.29 is 23.1 Å². The summed E-state index contributed by atoms with van der Waals surface area (Å²) in [6.45, 7) is 2.26. The summed E-state index contributed by atoms with van der Waals surface area (Å²) >= 11 is 0. The Labute approximate surface area is 159 Å². The molecule has 0 aliphatic heterocycles. The summed E-state index contributed by atoms with van der Waals surface area (Å²) in [7, 11) is -3.41. The van der Waals surface area contributed by atoms with Crippen LogP contribution in [0.4, 0.5) is 0 Å². The maximum atomic E-state index is 12.9. The largest absolute Gasteiger partial charge is 0.505 e. The van der Waals surface area contributed by atoms with Crippen molar-refractivity contribution in [2.45, 2.75) is 62.0 Å². The summed E-state index contributed by atoms with van der Waals surface area (Å²) in [5.74, 6) is -0.961. The van der Waals surface area contributed by atoms with E-state index in [4.69, 9.17) is 4.74 Å². The Morgan fingerprint density at radius 2 is 2.00 bits per heavy atom. The third-order valence-corrected chi connectivity index (χ3v) is 7.34. The fourth-order valence-electron chi connectivity index (χ4n) is 3.46. The molecule has 0 unspecified atom stereocenters. The second-order valence-corrected chi connectivity index (χ2v) is 9.23. The summed E-state index contributed by atoms with van der Waals surface area (Å²) in [4.78, 5) is 16.3. The van der Waals surface area contributed by atoms with Crippen molar-refractivity contribution in [3.63, 3.8) is 0 Å². The van der Waals surface area contributed by atoms with Crippen molar-refractivity contribution in [3.8, 4) is 5.75 Å². The number of aromatic nitrogens is 1. The van der Waals surface area contributed by atoms with Gasteiger partial charge in [-0.25, -0.2) is 18.2 Å². The van der Waals surface area contributed by atoms with Gasteiger partial charge in [-0.3, -0.25) is 0 Å². The molecule has 1 N–H and O–H groups in total. The SMILES string of the molecule is CCCCOC(=O)c1ncc2cc(S(=O)(=O)C3CCCCC3)ccc2c1O. The smallest absolute Gasteiger partial charge is 0.360 e. The molecule has 1 aliphatic rings. The number of carbonyl (C=O) groups excluding carboxylic acids is 1. The molecule has 6 nitrogen and oxygen atoms in total. The Balaban J connectivity index is 1.90. The van der Waals surface area contributed by atoms with Gasteiger partial charge >= 0.3 is 5.97 Å². The van der Waals surface area contributed by atoms with Crippen molar-refractivity contribution in [1.82, 2.24) is 4.98 Å². The number of carbonyl (C=O) groups is 1. The second kappa shape index (κ2) is 8.25. The first kappa shape index (κ1) is 19.6. The van der Waals surface area contributed by atoms with Crippen molar-refractivity contribution >= 4 is 26.6 Å². The molecule has 0 radical (unpaired) electrons. The molecule has 3 rings (SSSR count). The maximum Gasteiger partial charge on any atom is 0.360 e. The van der Waals surface area contributed by atoms with Crippen LogP contribution in [0.5, 0.6) is 5.75 Å². The lowest BCUT2D eigenvalue weighted by Crippen LogP contribution is -2.24. The van der Waals surface area contributed by atoms with Crippen LogP contribution in [-0.4, -0.2) is 36.3 Å². The normalized spacial score (nSPS) is 15.7. The van der Waals surface area contributed by atoms with Crippen LogP contribution in [-0.2, 0) is 14.6 Å². The van der Waals surface area contributed by atoms with Gasteiger partial charge in [-0.05, 0) is 37.5 Å². The van der Waals surface area contributed by atoms with Gasteiger partial charge in [0.15, 0.2) is 21.3 Å². The molecule has 2 aromatic rings. The highest BCUT2D eigenvalue weighted by atomic mass is 32.2. The number of hydrogen-bond donors (Lipinski definition) is 1. The summed E-state index contributed by atoms with van der Waals surface area (Å²) in [5.41, 5.74) is -0.151. The number of benzene rings is 1. The number of pyridine rings is 1. The molecule has 0 amide bonds. The Kier molecular flexibility index (Phi) is 5.99. The molecule has 1 aromatic heterocycles. The number of fused-ring (bicyclic) bond motifs is 1. The number of hydrogen-bond acceptors (Lipinski definition) is 6. The minimum atomic E-state index is -3.41. The van der Waals surface area contributed by atoms with Gasteiger partial charge in [0.2, 0.25) is 0 Å². The number of unbranched alkanes of at least 4 members (excludes halogenated alkanes) is 1. The molecule has 0 spiro atoms. The van der Waals surface area contributed by atoms with Crippen LogP contribution in [0.2, 0.25) is 0 Å². The van der Waals surface area contributed by atoms with E-state index >= 15 is 0 Å². The minimum Gasteiger partial charge on any atom is -0.505 e. The van der Waals surface area contributed by atoms with E-state index in [-0.39, 0.29) is 28.2 Å². The molecule has 0 atom stereocenters. The van der Waals surface area contributed by atoms with Crippen LogP contribution in [0.25, 0.3) is 10.8 Å². The quantitative estimate of drug-likeness (QED) is 0.591. The molecule has 1 aliphatic carbocycles. The lowest BCUT2D eigenvalue weighted by atomic mass is 10.0. The van der Waals surface area contributed by atoms with E-state index in [2.05, 4.69) is 4.98 Å². The zero-order valence-corrected chi connectivity index (χ0v) is 16.3. The van der Waals surface area contributed by atoms with E-state index in [9.17, 15) is 18.3 Å². The average Bonchev–Trinajstić information content (AvgIpc) is 2.68. The van der Waals surface area contributed by atoms with Crippen LogP contribution >= 0.6 is 0 Å². The van der Waals surface area contributed by atoms with Crippen LogP contribution < -0.4 is 0 Å². The minimum absolute atomic E-state index is 0.151. The fraction of sp³-hybridized carbons (Fsp3) is 0.500. The molecule has 1 saturated carbocycles. The van der Waals surface area contributed by atoms with E-state index in [1.165, 1.54) is 24.4 Å².